The average Bonchev–Trinajstić information content (AvgIpc) is 2.95. The molecule has 2 N–H and O–H groups in total. The molecule has 1 amide bonds. The van der Waals surface area contributed by atoms with E-state index in [0.717, 1.165) is 15.2 Å². The minimum atomic E-state index is -0.620. The standard InChI is InChI=1S/C16H20N2O3S/c19-10-11-7-8-18(9-13(11)20)16(21)6-5-15-17-12-3-1-2-4-14(12)22-15/h1-4,11,13,19-20H,5-10H2/t11-,13-/m1/s1. The number of aliphatic hydroxyl groups is 2. The number of rotatable bonds is 4. The lowest BCUT2D eigenvalue weighted by Crippen LogP contribution is -2.47. The first-order valence-corrected chi connectivity index (χ1v) is 8.40. The Labute approximate surface area is 133 Å². The van der Waals surface area contributed by atoms with Crippen LogP contribution in [-0.4, -0.2) is 51.8 Å². The van der Waals surface area contributed by atoms with Crippen LogP contribution in [0.15, 0.2) is 24.3 Å². The predicted molar refractivity (Wildman–Crippen MR) is 85.7 cm³/mol. The monoisotopic (exact) mass is 320 g/mol. The van der Waals surface area contributed by atoms with Gasteiger partial charge < -0.3 is 15.1 Å². The molecule has 1 aromatic carbocycles. The molecule has 118 valence electrons. The third kappa shape index (κ3) is 3.29. The number of piperidine rings is 1. The van der Waals surface area contributed by atoms with E-state index in [1.165, 1.54) is 0 Å². The van der Waals surface area contributed by atoms with Crippen LogP contribution in [0.4, 0.5) is 0 Å². The summed E-state index contributed by atoms with van der Waals surface area (Å²) < 4.78 is 1.14. The smallest absolute Gasteiger partial charge is 0.223 e. The molecule has 6 heteroatoms. The number of aromatic nitrogens is 1. The van der Waals surface area contributed by atoms with E-state index >= 15 is 0 Å². The van der Waals surface area contributed by atoms with E-state index in [1.54, 1.807) is 16.2 Å². The van der Waals surface area contributed by atoms with Gasteiger partial charge in [-0.2, -0.15) is 0 Å². The Morgan fingerprint density at radius 3 is 2.95 bits per heavy atom. The molecule has 0 saturated carbocycles. The number of carbonyl (C=O) groups is 1. The second-order valence-corrected chi connectivity index (χ2v) is 6.83. The topological polar surface area (TPSA) is 73.7 Å². The molecular weight excluding hydrogens is 300 g/mol. The summed E-state index contributed by atoms with van der Waals surface area (Å²) in [6.07, 6.45) is 1.08. The van der Waals surface area contributed by atoms with Crippen LogP contribution in [0, 0.1) is 5.92 Å². The van der Waals surface area contributed by atoms with Crippen LogP contribution in [0.2, 0.25) is 0 Å². The molecule has 0 spiro atoms. The van der Waals surface area contributed by atoms with Gasteiger partial charge in [0.15, 0.2) is 0 Å². The number of nitrogens with zero attached hydrogens (tertiary/aromatic N) is 2. The Morgan fingerprint density at radius 1 is 1.41 bits per heavy atom. The number of carbonyl (C=O) groups excluding carboxylic acids is 1. The first-order valence-electron chi connectivity index (χ1n) is 7.58. The summed E-state index contributed by atoms with van der Waals surface area (Å²) in [4.78, 5) is 18.5. The zero-order valence-corrected chi connectivity index (χ0v) is 13.1. The second-order valence-electron chi connectivity index (χ2n) is 5.71. The van der Waals surface area contributed by atoms with Crippen LogP contribution in [0.3, 0.4) is 0 Å². The van der Waals surface area contributed by atoms with E-state index < -0.39 is 6.10 Å². The molecule has 1 aromatic heterocycles. The Hall–Kier alpha value is -1.50. The number of amides is 1. The van der Waals surface area contributed by atoms with Gasteiger partial charge in [-0.25, -0.2) is 4.98 Å². The zero-order valence-electron chi connectivity index (χ0n) is 12.3. The number of benzene rings is 1. The maximum atomic E-state index is 12.3. The minimum absolute atomic E-state index is 0.0189. The van der Waals surface area contributed by atoms with E-state index in [2.05, 4.69) is 4.98 Å². The van der Waals surface area contributed by atoms with Gasteiger partial charge in [-0.3, -0.25) is 4.79 Å². The van der Waals surface area contributed by atoms with Gasteiger partial charge in [0.1, 0.15) is 0 Å². The number of β-amino-alcohol motifs (C(OH)–C–C–N with tert-alkyl or cyclic N) is 1. The molecule has 0 unspecified atom stereocenters. The maximum absolute atomic E-state index is 12.3. The molecule has 2 aromatic rings. The summed E-state index contributed by atoms with van der Waals surface area (Å²) >= 11 is 1.63. The summed E-state index contributed by atoms with van der Waals surface area (Å²) in [5.41, 5.74) is 0.981. The van der Waals surface area contributed by atoms with Crippen LogP contribution in [0.25, 0.3) is 10.2 Å². The Bertz CT molecular complexity index is 625. The van der Waals surface area contributed by atoms with Crippen molar-refractivity contribution in [3.63, 3.8) is 0 Å². The molecule has 1 saturated heterocycles. The van der Waals surface area contributed by atoms with E-state index in [9.17, 15) is 9.90 Å². The highest BCUT2D eigenvalue weighted by molar-refractivity contribution is 7.18. The van der Waals surface area contributed by atoms with Crippen LogP contribution >= 0.6 is 11.3 Å². The number of hydrogen-bond acceptors (Lipinski definition) is 5. The molecule has 5 nitrogen and oxygen atoms in total. The summed E-state index contributed by atoms with van der Waals surface area (Å²) in [5, 5.41) is 20.0. The van der Waals surface area contributed by atoms with E-state index in [1.807, 2.05) is 24.3 Å². The first-order chi connectivity index (χ1) is 10.7. The number of aliphatic hydroxyl groups excluding tert-OH is 2. The van der Waals surface area contributed by atoms with Crippen molar-refractivity contribution in [1.29, 1.82) is 0 Å². The molecular formula is C16H20N2O3S. The van der Waals surface area contributed by atoms with E-state index in [0.29, 0.717) is 32.4 Å². The van der Waals surface area contributed by atoms with Crippen molar-refractivity contribution in [3.05, 3.63) is 29.3 Å². The van der Waals surface area contributed by atoms with Gasteiger partial charge >= 0.3 is 0 Å². The third-order valence-corrected chi connectivity index (χ3v) is 5.30. The van der Waals surface area contributed by atoms with Crippen molar-refractivity contribution >= 4 is 27.5 Å². The van der Waals surface area contributed by atoms with E-state index in [4.69, 9.17) is 5.11 Å². The number of hydrogen-bond donors (Lipinski definition) is 2. The van der Waals surface area contributed by atoms with Crippen molar-refractivity contribution < 1.29 is 15.0 Å². The van der Waals surface area contributed by atoms with Crippen molar-refractivity contribution in [2.45, 2.75) is 25.4 Å². The van der Waals surface area contributed by atoms with Gasteiger partial charge in [0.2, 0.25) is 5.91 Å². The highest BCUT2D eigenvalue weighted by Crippen LogP contribution is 2.23. The molecule has 2 heterocycles. The predicted octanol–water partition coefficient (Wildman–Crippen LogP) is 1.43. The molecule has 0 aliphatic carbocycles. The highest BCUT2D eigenvalue weighted by atomic mass is 32.1. The van der Waals surface area contributed by atoms with Gasteiger partial charge in [0.25, 0.3) is 0 Å². The van der Waals surface area contributed by atoms with Crippen molar-refractivity contribution in [2.24, 2.45) is 5.92 Å². The largest absolute Gasteiger partial charge is 0.396 e. The van der Waals surface area contributed by atoms with E-state index in [-0.39, 0.29) is 18.4 Å². The van der Waals surface area contributed by atoms with Gasteiger partial charge in [-0.1, -0.05) is 12.1 Å². The summed E-state index contributed by atoms with van der Waals surface area (Å²) in [5.74, 6) is -0.0528. The quantitative estimate of drug-likeness (QED) is 0.894. The Morgan fingerprint density at radius 2 is 2.23 bits per heavy atom. The lowest BCUT2D eigenvalue weighted by atomic mass is 9.94. The number of thiazole rings is 1. The highest BCUT2D eigenvalue weighted by Gasteiger charge is 2.29. The summed E-state index contributed by atoms with van der Waals surface area (Å²) in [6, 6.07) is 7.97. The fourth-order valence-corrected chi connectivity index (χ4v) is 3.79. The number of fused-ring (bicyclic) bond motifs is 1. The Balaban J connectivity index is 1.56. The molecule has 1 aliphatic rings. The van der Waals surface area contributed by atoms with Crippen molar-refractivity contribution in [2.75, 3.05) is 19.7 Å². The molecule has 22 heavy (non-hydrogen) atoms. The molecule has 1 aliphatic heterocycles. The van der Waals surface area contributed by atoms with Crippen LogP contribution in [0.1, 0.15) is 17.8 Å². The third-order valence-electron chi connectivity index (χ3n) is 4.20. The lowest BCUT2D eigenvalue weighted by molar-refractivity contribution is -0.136. The summed E-state index contributed by atoms with van der Waals surface area (Å²) in [7, 11) is 0. The van der Waals surface area contributed by atoms with Gasteiger partial charge in [-0.05, 0) is 18.6 Å². The normalized spacial score (nSPS) is 22.2. The molecule has 0 radical (unpaired) electrons. The number of aryl methyl sites for hydroxylation is 1. The van der Waals surface area contributed by atoms with Gasteiger partial charge in [-0.15, -0.1) is 11.3 Å². The van der Waals surface area contributed by atoms with Gasteiger partial charge in [0.05, 0.1) is 21.3 Å². The second kappa shape index (κ2) is 6.73. The van der Waals surface area contributed by atoms with Crippen molar-refractivity contribution in [1.82, 2.24) is 9.88 Å². The lowest BCUT2D eigenvalue weighted by Gasteiger charge is -2.35. The minimum Gasteiger partial charge on any atom is -0.396 e. The van der Waals surface area contributed by atoms with Gasteiger partial charge in [0, 0.05) is 38.5 Å². The molecule has 1 fully saturated rings. The zero-order chi connectivity index (χ0) is 15.5. The number of likely N-dealkylation sites (tertiary alicyclic amines) is 1. The fourth-order valence-electron chi connectivity index (χ4n) is 2.82. The number of para-hydroxylation sites is 1. The maximum Gasteiger partial charge on any atom is 0.223 e. The van der Waals surface area contributed by atoms with Crippen molar-refractivity contribution in [3.8, 4) is 0 Å². The van der Waals surface area contributed by atoms with Crippen LogP contribution < -0.4 is 0 Å². The molecule has 0 bridgehead atoms. The molecule has 3 rings (SSSR count). The van der Waals surface area contributed by atoms with Crippen LogP contribution in [-0.2, 0) is 11.2 Å². The SMILES string of the molecule is O=C(CCc1nc2ccccc2s1)N1CC[C@H](CO)[C@H](O)C1. The first kappa shape index (κ1) is 15.4. The van der Waals surface area contributed by atoms with Crippen LogP contribution in [0.5, 0.6) is 0 Å². The summed E-state index contributed by atoms with van der Waals surface area (Å²) in [6.45, 7) is 0.916. The fraction of sp³-hybridized carbons (Fsp3) is 0.500. The Kier molecular flexibility index (Phi) is 4.71. The molecule has 2 atom stereocenters. The average molecular weight is 320 g/mol.